The molecular formula is C9H12ClNOS. The van der Waals surface area contributed by atoms with E-state index in [1.54, 1.807) is 0 Å². The Morgan fingerprint density at radius 2 is 2.46 bits per heavy atom. The third-order valence-electron chi connectivity index (χ3n) is 2.57. The van der Waals surface area contributed by atoms with Gasteiger partial charge < -0.3 is 10.8 Å². The lowest BCUT2D eigenvalue weighted by Gasteiger charge is -2.21. The summed E-state index contributed by atoms with van der Waals surface area (Å²) in [6, 6.07) is 1.95. The predicted molar refractivity (Wildman–Crippen MR) is 55.2 cm³/mol. The van der Waals surface area contributed by atoms with Crippen LogP contribution in [-0.4, -0.2) is 11.7 Å². The first-order valence-corrected chi connectivity index (χ1v) is 5.56. The third kappa shape index (κ3) is 1.50. The number of hydrogen-bond donors (Lipinski definition) is 2. The maximum atomic E-state index is 10.2. The molecule has 0 spiro atoms. The molecule has 0 saturated carbocycles. The summed E-state index contributed by atoms with van der Waals surface area (Å²) in [7, 11) is 0. The first-order valence-electron chi connectivity index (χ1n) is 4.37. The van der Waals surface area contributed by atoms with E-state index in [-0.39, 0.29) is 0 Å². The second kappa shape index (κ2) is 3.24. The van der Waals surface area contributed by atoms with E-state index in [1.165, 1.54) is 16.9 Å². The van der Waals surface area contributed by atoms with E-state index in [4.69, 9.17) is 17.3 Å². The number of thiophene rings is 1. The zero-order valence-electron chi connectivity index (χ0n) is 7.22. The van der Waals surface area contributed by atoms with Crippen LogP contribution in [-0.2, 0) is 12.0 Å². The molecule has 1 aromatic heterocycles. The highest BCUT2D eigenvalue weighted by molar-refractivity contribution is 7.16. The van der Waals surface area contributed by atoms with E-state index in [2.05, 4.69) is 0 Å². The standard InChI is InChI=1S/C9H12ClNOS/c10-7-5-6-1-2-9(12,3-4-11)8(6)13-7/h5,12H,1-4,11H2. The van der Waals surface area contributed by atoms with Crippen LogP contribution in [0.25, 0.3) is 0 Å². The molecule has 1 heterocycles. The third-order valence-corrected chi connectivity index (χ3v) is 4.07. The van der Waals surface area contributed by atoms with Crippen LogP contribution in [0, 0.1) is 0 Å². The molecule has 0 amide bonds. The van der Waals surface area contributed by atoms with Crippen molar-refractivity contribution in [3.8, 4) is 0 Å². The SMILES string of the molecule is NCCC1(O)CCc2cc(Cl)sc21. The zero-order chi connectivity index (χ0) is 9.47. The number of halogens is 1. The van der Waals surface area contributed by atoms with E-state index in [1.807, 2.05) is 6.07 Å². The Morgan fingerprint density at radius 1 is 1.69 bits per heavy atom. The van der Waals surface area contributed by atoms with Gasteiger partial charge in [-0.1, -0.05) is 11.6 Å². The summed E-state index contributed by atoms with van der Waals surface area (Å²) in [5.74, 6) is 0. The lowest BCUT2D eigenvalue weighted by molar-refractivity contribution is 0.0353. The number of hydrogen-bond acceptors (Lipinski definition) is 3. The molecule has 13 heavy (non-hydrogen) atoms. The molecule has 0 saturated heterocycles. The van der Waals surface area contributed by atoms with Crippen molar-refractivity contribution >= 4 is 22.9 Å². The molecule has 1 atom stereocenters. The second-order valence-electron chi connectivity index (χ2n) is 3.48. The van der Waals surface area contributed by atoms with E-state index in [0.717, 1.165) is 22.1 Å². The molecular weight excluding hydrogens is 206 g/mol. The van der Waals surface area contributed by atoms with Crippen LogP contribution in [0.4, 0.5) is 0 Å². The van der Waals surface area contributed by atoms with E-state index >= 15 is 0 Å². The van der Waals surface area contributed by atoms with E-state index in [9.17, 15) is 5.11 Å². The first kappa shape index (κ1) is 9.46. The molecule has 0 bridgehead atoms. The summed E-state index contributed by atoms with van der Waals surface area (Å²) >= 11 is 7.37. The fraction of sp³-hybridized carbons (Fsp3) is 0.556. The summed E-state index contributed by atoms with van der Waals surface area (Å²) in [5, 5.41) is 10.2. The average Bonchev–Trinajstić information content (AvgIpc) is 2.54. The van der Waals surface area contributed by atoms with Crippen molar-refractivity contribution in [2.45, 2.75) is 24.9 Å². The van der Waals surface area contributed by atoms with Gasteiger partial charge in [0, 0.05) is 4.88 Å². The molecule has 0 aromatic carbocycles. The molecule has 1 aliphatic carbocycles. The summed E-state index contributed by atoms with van der Waals surface area (Å²) in [6.07, 6.45) is 2.36. The fourth-order valence-corrected chi connectivity index (χ4v) is 3.35. The van der Waals surface area contributed by atoms with E-state index < -0.39 is 5.60 Å². The van der Waals surface area contributed by atoms with Crippen molar-refractivity contribution in [1.29, 1.82) is 0 Å². The summed E-state index contributed by atoms with van der Waals surface area (Å²) in [4.78, 5) is 1.03. The molecule has 2 nitrogen and oxygen atoms in total. The number of fused-ring (bicyclic) bond motifs is 1. The largest absolute Gasteiger partial charge is 0.384 e. The average molecular weight is 218 g/mol. The smallest absolute Gasteiger partial charge is 0.101 e. The highest BCUT2D eigenvalue weighted by Crippen LogP contribution is 2.45. The Morgan fingerprint density at radius 3 is 3.15 bits per heavy atom. The summed E-state index contributed by atoms with van der Waals surface area (Å²) in [6.45, 7) is 0.519. The zero-order valence-corrected chi connectivity index (χ0v) is 8.79. The van der Waals surface area contributed by atoms with Crippen molar-refractivity contribution < 1.29 is 5.11 Å². The van der Waals surface area contributed by atoms with Gasteiger partial charge in [-0.2, -0.15) is 0 Å². The number of nitrogens with two attached hydrogens (primary N) is 1. The number of rotatable bonds is 2. The molecule has 0 fully saturated rings. The minimum absolute atomic E-state index is 0.519. The van der Waals surface area contributed by atoms with Gasteiger partial charge in [0.1, 0.15) is 5.60 Å². The topological polar surface area (TPSA) is 46.2 Å². The monoisotopic (exact) mass is 217 g/mol. The van der Waals surface area contributed by atoms with Gasteiger partial charge in [0.05, 0.1) is 4.34 Å². The highest BCUT2D eigenvalue weighted by atomic mass is 35.5. The van der Waals surface area contributed by atoms with Gasteiger partial charge in [-0.05, 0) is 37.4 Å². The molecule has 4 heteroatoms. The van der Waals surface area contributed by atoms with Gasteiger partial charge in [-0.3, -0.25) is 0 Å². The van der Waals surface area contributed by atoms with Crippen LogP contribution in [0.15, 0.2) is 6.07 Å². The number of aryl methyl sites for hydroxylation is 1. The van der Waals surface area contributed by atoms with Gasteiger partial charge in [0.25, 0.3) is 0 Å². The van der Waals surface area contributed by atoms with Gasteiger partial charge in [0.15, 0.2) is 0 Å². The maximum Gasteiger partial charge on any atom is 0.101 e. The Labute approximate surface area is 86.3 Å². The van der Waals surface area contributed by atoms with Crippen LogP contribution in [0.2, 0.25) is 4.34 Å². The summed E-state index contributed by atoms with van der Waals surface area (Å²) in [5.41, 5.74) is 5.98. The molecule has 0 aliphatic heterocycles. The van der Waals surface area contributed by atoms with Crippen molar-refractivity contribution in [1.82, 2.24) is 0 Å². The van der Waals surface area contributed by atoms with Crippen LogP contribution in [0.3, 0.4) is 0 Å². The Balaban J connectivity index is 2.35. The molecule has 0 radical (unpaired) electrons. The minimum atomic E-state index is -0.693. The van der Waals surface area contributed by atoms with Crippen molar-refractivity contribution in [2.75, 3.05) is 6.54 Å². The van der Waals surface area contributed by atoms with Crippen LogP contribution in [0.1, 0.15) is 23.3 Å². The lowest BCUT2D eigenvalue weighted by atomic mass is 9.99. The molecule has 3 N–H and O–H groups in total. The van der Waals surface area contributed by atoms with Gasteiger partial charge in [0.2, 0.25) is 0 Å². The van der Waals surface area contributed by atoms with Crippen LogP contribution >= 0.6 is 22.9 Å². The molecule has 1 unspecified atom stereocenters. The van der Waals surface area contributed by atoms with Crippen LogP contribution < -0.4 is 5.73 Å². The quantitative estimate of drug-likeness (QED) is 0.795. The van der Waals surface area contributed by atoms with Crippen molar-refractivity contribution in [2.24, 2.45) is 5.73 Å². The normalized spacial score (nSPS) is 26.4. The molecule has 1 aliphatic rings. The second-order valence-corrected chi connectivity index (χ2v) is 5.16. The highest BCUT2D eigenvalue weighted by Gasteiger charge is 2.37. The maximum absolute atomic E-state index is 10.2. The minimum Gasteiger partial charge on any atom is -0.384 e. The predicted octanol–water partition coefficient (Wildman–Crippen LogP) is 1.88. The van der Waals surface area contributed by atoms with Gasteiger partial charge in [-0.15, -0.1) is 11.3 Å². The number of aliphatic hydroxyl groups is 1. The summed E-state index contributed by atoms with van der Waals surface area (Å²) < 4.78 is 0.764. The lowest BCUT2D eigenvalue weighted by Crippen LogP contribution is -2.24. The molecule has 72 valence electrons. The van der Waals surface area contributed by atoms with E-state index in [0.29, 0.717) is 13.0 Å². The molecule has 1 aromatic rings. The first-order chi connectivity index (χ1) is 6.15. The van der Waals surface area contributed by atoms with Crippen molar-refractivity contribution in [3.05, 3.63) is 20.8 Å². The Kier molecular flexibility index (Phi) is 2.36. The Bertz CT molecular complexity index is 325. The van der Waals surface area contributed by atoms with Gasteiger partial charge in [-0.25, -0.2) is 0 Å². The fourth-order valence-electron chi connectivity index (χ4n) is 1.91. The van der Waals surface area contributed by atoms with Crippen molar-refractivity contribution in [3.63, 3.8) is 0 Å². The Hall–Kier alpha value is -0.0900. The van der Waals surface area contributed by atoms with Crippen LogP contribution in [0.5, 0.6) is 0 Å². The molecule has 2 rings (SSSR count). The van der Waals surface area contributed by atoms with Gasteiger partial charge >= 0.3 is 0 Å².